The van der Waals surface area contributed by atoms with Crippen molar-refractivity contribution < 1.29 is 14.3 Å². The molecule has 1 saturated carbocycles. The molecule has 3 aromatic rings. The highest BCUT2D eigenvalue weighted by Crippen LogP contribution is 2.47. The fourth-order valence-corrected chi connectivity index (χ4v) is 8.76. The number of hydrogen-bond acceptors (Lipinski definition) is 5. The molecule has 1 aliphatic carbocycles. The highest BCUT2D eigenvalue weighted by Gasteiger charge is 2.39. The van der Waals surface area contributed by atoms with E-state index in [2.05, 4.69) is 67.4 Å². The van der Waals surface area contributed by atoms with Gasteiger partial charge < -0.3 is 15.3 Å². The Morgan fingerprint density at radius 1 is 1.12 bits per heavy atom. The van der Waals surface area contributed by atoms with Gasteiger partial charge in [0.1, 0.15) is 5.82 Å². The Kier molecular flexibility index (Phi) is 10.1. The molecule has 42 heavy (non-hydrogen) atoms. The summed E-state index contributed by atoms with van der Waals surface area (Å²) in [6.45, 7) is 9.60. The molecule has 5 nitrogen and oxygen atoms in total. The number of rotatable bonds is 12. The number of carbonyl (C=O) groups is 1. The largest absolute Gasteiger partial charge is 0.480 e. The van der Waals surface area contributed by atoms with E-state index in [-0.39, 0.29) is 17.9 Å². The van der Waals surface area contributed by atoms with Gasteiger partial charge in [0.05, 0.1) is 17.2 Å². The molecule has 3 unspecified atom stereocenters. The molecule has 226 valence electrons. The SMILES string of the molecule is CCc1nc(Cc2ccccc2)sc1C1CCN(CC2CC(CC(C)(C)NCC(=O)O)CC2c2cccc(F)c2)CC1. The Balaban J connectivity index is 1.22. The van der Waals surface area contributed by atoms with E-state index < -0.39 is 5.97 Å². The van der Waals surface area contributed by atoms with Crippen LogP contribution < -0.4 is 5.32 Å². The van der Waals surface area contributed by atoms with Crippen LogP contribution in [0.4, 0.5) is 4.39 Å². The van der Waals surface area contributed by atoms with Gasteiger partial charge in [0.25, 0.3) is 0 Å². The van der Waals surface area contributed by atoms with E-state index in [0.717, 1.165) is 70.1 Å². The van der Waals surface area contributed by atoms with Crippen LogP contribution in [0.2, 0.25) is 0 Å². The number of nitrogens with one attached hydrogen (secondary N) is 1. The Morgan fingerprint density at radius 2 is 1.88 bits per heavy atom. The lowest BCUT2D eigenvalue weighted by Gasteiger charge is -2.35. The highest BCUT2D eigenvalue weighted by molar-refractivity contribution is 7.11. The zero-order valence-electron chi connectivity index (χ0n) is 25.3. The van der Waals surface area contributed by atoms with Gasteiger partial charge >= 0.3 is 5.97 Å². The molecular weight excluding hydrogens is 545 g/mol. The predicted molar refractivity (Wildman–Crippen MR) is 169 cm³/mol. The number of halogens is 1. The number of benzene rings is 2. The van der Waals surface area contributed by atoms with Crippen LogP contribution in [0.1, 0.15) is 91.4 Å². The smallest absolute Gasteiger partial charge is 0.317 e. The van der Waals surface area contributed by atoms with Crippen molar-refractivity contribution in [2.75, 3.05) is 26.2 Å². The van der Waals surface area contributed by atoms with Gasteiger partial charge in [-0.05, 0) is 112 Å². The number of nitrogens with zero attached hydrogens (tertiary/aromatic N) is 2. The number of aliphatic carboxylic acids is 1. The predicted octanol–water partition coefficient (Wildman–Crippen LogP) is 7.27. The molecule has 1 saturated heterocycles. The van der Waals surface area contributed by atoms with Gasteiger partial charge in [-0.3, -0.25) is 4.79 Å². The Labute approximate surface area is 254 Å². The summed E-state index contributed by atoms with van der Waals surface area (Å²) in [7, 11) is 0. The maximum atomic E-state index is 14.3. The fraction of sp³-hybridized carbons (Fsp3) is 0.543. The third-order valence-electron chi connectivity index (χ3n) is 9.34. The molecular formula is C35H46FN3O2S. The van der Waals surface area contributed by atoms with Gasteiger partial charge in [-0.25, -0.2) is 9.37 Å². The minimum Gasteiger partial charge on any atom is -0.480 e. The third-order valence-corrected chi connectivity index (χ3v) is 10.6. The first-order valence-corrected chi connectivity index (χ1v) is 16.5. The van der Waals surface area contributed by atoms with Crippen LogP contribution >= 0.6 is 11.3 Å². The molecule has 0 spiro atoms. The van der Waals surface area contributed by atoms with Crippen LogP contribution in [0, 0.1) is 17.7 Å². The van der Waals surface area contributed by atoms with Gasteiger partial charge in [-0.2, -0.15) is 0 Å². The molecule has 0 radical (unpaired) electrons. The molecule has 0 amide bonds. The van der Waals surface area contributed by atoms with E-state index in [1.165, 1.54) is 27.2 Å². The first kappa shape index (κ1) is 30.8. The van der Waals surface area contributed by atoms with E-state index in [1.807, 2.05) is 17.4 Å². The molecule has 1 aliphatic heterocycles. The number of thiazole rings is 1. The van der Waals surface area contributed by atoms with Gasteiger partial charge in [-0.15, -0.1) is 11.3 Å². The maximum absolute atomic E-state index is 14.3. The van der Waals surface area contributed by atoms with Crippen molar-refractivity contribution in [1.82, 2.24) is 15.2 Å². The van der Waals surface area contributed by atoms with Crippen molar-refractivity contribution in [2.45, 2.75) is 83.1 Å². The molecule has 2 N–H and O–H groups in total. The first-order chi connectivity index (χ1) is 20.2. The number of piperidine rings is 1. The molecule has 7 heteroatoms. The fourth-order valence-electron chi connectivity index (χ4n) is 7.40. The standard InChI is InChI=1S/C35H46FN3O2S/c1-4-31-34(42-32(38-31)19-24-9-6-5-7-10-24)26-13-15-39(16-14-26)23-28-17-25(21-35(2,3)37-22-33(40)41)18-30(28)27-11-8-12-29(36)20-27/h5-12,20,25-26,28,30,37H,4,13-19,21-23H2,1-3H3,(H,40,41). The zero-order valence-corrected chi connectivity index (χ0v) is 26.1. The average molecular weight is 592 g/mol. The molecule has 2 fully saturated rings. The van der Waals surface area contributed by atoms with Crippen molar-refractivity contribution >= 4 is 17.3 Å². The minimum absolute atomic E-state index is 0.0291. The summed E-state index contributed by atoms with van der Waals surface area (Å²) >= 11 is 1.92. The summed E-state index contributed by atoms with van der Waals surface area (Å²) < 4.78 is 14.3. The van der Waals surface area contributed by atoms with Crippen molar-refractivity contribution in [3.8, 4) is 0 Å². The number of aryl methyl sites for hydroxylation is 1. The maximum Gasteiger partial charge on any atom is 0.317 e. The van der Waals surface area contributed by atoms with Crippen LogP contribution in [-0.2, 0) is 17.6 Å². The summed E-state index contributed by atoms with van der Waals surface area (Å²) in [4.78, 5) is 20.3. The number of hydrogen-bond donors (Lipinski definition) is 2. The normalized spacial score (nSPS) is 22.0. The summed E-state index contributed by atoms with van der Waals surface area (Å²) in [5.74, 6) is 0.856. The number of likely N-dealkylation sites (tertiary alicyclic amines) is 1. The van der Waals surface area contributed by atoms with Crippen LogP contribution in [0.5, 0.6) is 0 Å². The van der Waals surface area contributed by atoms with E-state index in [9.17, 15) is 9.18 Å². The summed E-state index contributed by atoms with van der Waals surface area (Å²) in [6.07, 6.45) is 7.24. The van der Waals surface area contributed by atoms with Gasteiger partial charge in [0.15, 0.2) is 0 Å². The molecule has 1 aromatic heterocycles. The van der Waals surface area contributed by atoms with Crippen LogP contribution in [-0.4, -0.2) is 52.7 Å². The molecule has 5 rings (SSSR count). The van der Waals surface area contributed by atoms with Gasteiger partial charge in [-0.1, -0.05) is 49.4 Å². The molecule has 0 bridgehead atoms. The number of carboxylic acid groups (broad SMARTS) is 1. The van der Waals surface area contributed by atoms with E-state index >= 15 is 0 Å². The second kappa shape index (κ2) is 13.8. The monoisotopic (exact) mass is 591 g/mol. The zero-order chi connectivity index (χ0) is 29.7. The Bertz CT molecular complexity index is 1320. The second-order valence-corrected chi connectivity index (χ2v) is 14.2. The summed E-state index contributed by atoms with van der Waals surface area (Å²) in [5.41, 5.74) is 3.46. The van der Waals surface area contributed by atoms with Crippen LogP contribution in [0.25, 0.3) is 0 Å². The summed E-state index contributed by atoms with van der Waals surface area (Å²) in [5, 5.41) is 13.6. The van der Waals surface area contributed by atoms with E-state index in [0.29, 0.717) is 23.7 Å². The first-order valence-electron chi connectivity index (χ1n) is 15.7. The van der Waals surface area contributed by atoms with Crippen molar-refractivity contribution in [3.05, 3.63) is 87.1 Å². The lowest BCUT2D eigenvalue weighted by molar-refractivity contribution is -0.136. The molecule has 2 aromatic carbocycles. The molecule has 3 atom stereocenters. The minimum atomic E-state index is -0.829. The molecule has 2 aliphatic rings. The van der Waals surface area contributed by atoms with Crippen LogP contribution in [0.15, 0.2) is 54.6 Å². The molecule has 2 heterocycles. The third kappa shape index (κ3) is 8.06. The van der Waals surface area contributed by atoms with Crippen molar-refractivity contribution in [1.29, 1.82) is 0 Å². The lowest BCUT2D eigenvalue weighted by atomic mass is 9.87. The second-order valence-electron chi connectivity index (χ2n) is 13.1. The van der Waals surface area contributed by atoms with Gasteiger partial charge in [0.2, 0.25) is 0 Å². The Hall–Kier alpha value is -2.61. The quantitative estimate of drug-likeness (QED) is 0.232. The van der Waals surface area contributed by atoms with Crippen molar-refractivity contribution in [3.63, 3.8) is 0 Å². The number of aromatic nitrogens is 1. The average Bonchev–Trinajstić information content (AvgIpc) is 3.56. The van der Waals surface area contributed by atoms with Gasteiger partial charge in [0, 0.05) is 23.4 Å². The topological polar surface area (TPSA) is 65.5 Å². The Morgan fingerprint density at radius 3 is 2.57 bits per heavy atom. The van der Waals surface area contributed by atoms with E-state index in [1.54, 1.807) is 6.07 Å². The van der Waals surface area contributed by atoms with E-state index in [4.69, 9.17) is 10.1 Å². The lowest BCUT2D eigenvalue weighted by Crippen LogP contribution is -2.43. The van der Waals surface area contributed by atoms with Crippen LogP contribution in [0.3, 0.4) is 0 Å². The highest BCUT2D eigenvalue weighted by atomic mass is 32.1. The van der Waals surface area contributed by atoms with Crippen molar-refractivity contribution in [2.24, 2.45) is 11.8 Å². The number of carboxylic acids is 1. The summed E-state index contributed by atoms with van der Waals surface area (Å²) in [6, 6.07) is 17.8.